The first-order chi connectivity index (χ1) is 12.2. The minimum Gasteiger partial charge on any atom is -0.382 e. The molecule has 0 spiro atoms. The van der Waals surface area contributed by atoms with Crippen LogP contribution < -0.4 is 10.6 Å². The monoisotopic (exact) mass is 411 g/mol. The largest absolute Gasteiger partial charge is 0.382 e. The van der Waals surface area contributed by atoms with Crippen LogP contribution in [0.3, 0.4) is 0 Å². The van der Waals surface area contributed by atoms with Gasteiger partial charge in [0.1, 0.15) is 5.65 Å². The molecule has 0 aromatic carbocycles. The van der Waals surface area contributed by atoms with Crippen molar-refractivity contribution in [3.05, 3.63) is 34.7 Å². The molecule has 0 fully saturated rings. The van der Waals surface area contributed by atoms with Gasteiger partial charge in [0.05, 0.1) is 25.5 Å². The van der Waals surface area contributed by atoms with E-state index in [0.717, 1.165) is 41.3 Å². The van der Waals surface area contributed by atoms with Gasteiger partial charge in [0, 0.05) is 43.7 Å². The fourth-order valence-electron chi connectivity index (χ4n) is 2.22. The number of ether oxygens (including phenoxy) is 2. The van der Waals surface area contributed by atoms with Crippen LogP contribution in [0.15, 0.2) is 34.0 Å². The number of guanidine groups is 1. The maximum atomic E-state index is 5.45. The van der Waals surface area contributed by atoms with E-state index < -0.39 is 0 Å². The van der Waals surface area contributed by atoms with Gasteiger partial charge in [-0.2, -0.15) is 0 Å². The van der Waals surface area contributed by atoms with E-state index in [1.807, 2.05) is 35.9 Å². The van der Waals surface area contributed by atoms with Gasteiger partial charge in [0.15, 0.2) is 5.96 Å². The molecule has 0 unspecified atom stereocenters. The Morgan fingerprint density at radius 2 is 2.12 bits per heavy atom. The number of hydrogen-bond donors (Lipinski definition) is 2. The number of nitrogens with one attached hydrogen (secondary N) is 2. The molecule has 0 bridgehead atoms. The van der Waals surface area contributed by atoms with Crippen LogP contribution in [0.5, 0.6) is 0 Å². The maximum absolute atomic E-state index is 5.45. The Balaban J connectivity index is 1.81. The third-order valence-corrected chi connectivity index (χ3v) is 3.87. The van der Waals surface area contributed by atoms with Crippen LogP contribution in [0.25, 0.3) is 5.65 Å². The Morgan fingerprint density at radius 1 is 1.24 bits per heavy atom. The van der Waals surface area contributed by atoms with Crippen LogP contribution >= 0.6 is 15.9 Å². The average molecular weight is 412 g/mol. The molecule has 0 amide bonds. The molecule has 0 atom stereocenters. The Morgan fingerprint density at radius 3 is 2.92 bits per heavy atom. The van der Waals surface area contributed by atoms with Crippen LogP contribution in [-0.4, -0.2) is 55.4 Å². The van der Waals surface area contributed by atoms with E-state index in [1.54, 1.807) is 7.11 Å². The lowest BCUT2D eigenvalue weighted by molar-refractivity contribution is 0.0698. The predicted molar refractivity (Wildman–Crippen MR) is 103 cm³/mol. The molecule has 2 rings (SSSR count). The van der Waals surface area contributed by atoms with Gasteiger partial charge in [-0.15, -0.1) is 0 Å². The second kappa shape index (κ2) is 11.1. The minimum atomic E-state index is 0.527. The molecule has 2 aromatic heterocycles. The van der Waals surface area contributed by atoms with Gasteiger partial charge >= 0.3 is 0 Å². The molecule has 7 nitrogen and oxygen atoms in total. The Bertz CT molecular complexity index is 674. The highest BCUT2D eigenvalue weighted by molar-refractivity contribution is 9.10. The third-order valence-electron chi connectivity index (χ3n) is 3.40. The molecule has 0 aliphatic heterocycles. The quantitative estimate of drug-likeness (QED) is 0.356. The van der Waals surface area contributed by atoms with Crippen molar-refractivity contribution < 1.29 is 9.47 Å². The molecule has 0 saturated carbocycles. The molecule has 2 N–H and O–H groups in total. The van der Waals surface area contributed by atoms with Gasteiger partial charge in [0.25, 0.3) is 0 Å². The number of fused-ring (bicyclic) bond motifs is 1. The zero-order valence-corrected chi connectivity index (χ0v) is 16.4. The number of aromatic nitrogens is 2. The summed E-state index contributed by atoms with van der Waals surface area (Å²) in [7, 11) is 1.67. The van der Waals surface area contributed by atoms with E-state index in [2.05, 4.69) is 36.5 Å². The van der Waals surface area contributed by atoms with Gasteiger partial charge in [0.2, 0.25) is 0 Å². The summed E-state index contributed by atoms with van der Waals surface area (Å²) in [6.07, 6.45) is 4.90. The van der Waals surface area contributed by atoms with Crippen LogP contribution in [0.4, 0.5) is 0 Å². The molecule has 8 heteroatoms. The van der Waals surface area contributed by atoms with E-state index in [1.165, 1.54) is 0 Å². The van der Waals surface area contributed by atoms with Crippen molar-refractivity contribution in [3.8, 4) is 0 Å². The fourth-order valence-corrected chi connectivity index (χ4v) is 2.57. The number of nitrogens with zero attached hydrogens (tertiary/aromatic N) is 3. The lowest BCUT2D eigenvalue weighted by Gasteiger charge is -2.11. The summed E-state index contributed by atoms with van der Waals surface area (Å²) < 4.78 is 13.4. The molecule has 0 saturated heterocycles. The van der Waals surface area contributed by atoms with Crippen LogP contribution in [0.2, 0.25) is 0 Å². The summed E-state index contributed by atoms with van der Waals surface area (Å²) in [5, 5.41) is 6.55. The highest BCUT2D eigenvalue weighted by Gasteiger charge is 2.03. The maximum Gasteiger partial charge on any atom is 0.191 e. The van der Waals surface area contributed by atoms with Gasteiger partial charge < -0.3 is 24.5 Å². The summed E-state index contributed by atoms with van der Waals surface area (Å²) in [6, 6.07) is 3.96. The van der Waals surface area contributed by atoms with Crippen molar-refractivity contribution in [2.24, 2.45) is 4.99 Å². The van der Waals surface area contributed by atoms with E-state index in [0.29, 0.717) is 26.4 Å². The van der Waals surface area contributed by atoms with E-state index in [-0.39, 0.29) is 0 Å². The summed E-state index contributed by atoms with van der Waals surface area (Å²) in [4.78, 5) is 9.17. The van der Waals surface area contributed by atoms with Crippen molar-refractivity contribution in [1.82, 2.24) is 20.0 Å². The zero-order chi connectivity index (χ0) is 17.9. The second-order valence-corrected chi connectivity index (χ2v) is 6.34. The molecule has 138 valence electrons. The average Bonchev–Trinajstić information content (AvgIpc) is 3.00. The van der Waals surface area contributed by atoms with Crippen LogP contribution in [0.1, 0.15) is 19.0 Å². The van der Waals surface area contributed by atoms with Crippen LogP contribution in [0, 0.1) is 0 Å². The van der Waals surface area contributed by atoms with Gasteiger partial charge in [-0.3, -0.25) is 0 Å². The summed E-state index contributed by atoms with van der Waals surface area (Å²) in [6.45, 7) is 6.16. The van der Waals surface area contributed by atoms with E-state index >= 15 is 0 Å². The molecular weight excluding hydrogens is 386 g/mol. The van der Waals surface area contributed by atoms with E-state index in [4.69, 9.17) is 9.47 Å². The molecular formula is C17H26BrN5O2. The first-order valence-corrected chi connectivity index (χ1v) is 9.24. The summed E-state index contributed by atoms with van der Waals surface area (Å²) in [5.41, 5.74) is 1.85. The second-order valence-electron chi connectivity index (χ2n) is 5.43. The third kappa shape index (κ3) is 7.01. The number of aliphatic imine (C=N–C) groups is 1. The number of hydrogen-bond acceptors (Lipinski definition) is 4. The van der Waals surface area contributed by atoms with Gasteiger partial charge in [-0.1, -0.05) is 0 Å². The number of methoxy groups -OCH3 is 1. The first kappa shape index (κ1) is 19.7. The lowest BCUT2D eigenvalue weighted by Crippen LogP contribution is -2.38. The number of halogens is 1. The summed E-state index contributed by atoms with van der Waals surface area (Å²) >= 11 is 3.47. The molecule has 2 aromatic rings. The van der Waals surface area contributed by atoms with Gasteiger partial charge in [-0.05, 0) is 41.4 Å². The van der Waals surface area contributed by atoms with Crippen molar-refractivity contribution in [3.63, 3.8) is 0 Å². The Labute approximate surface area is 157 Å². The molecule has 2 heterocycles. The zero-order valence-electron chi connectivity index (χ0n) is 14.8. The molecule has 25 heavy (non-hydrogen) atoms. The standard InChI is InChI=1S/C17H26BrN5O2/c1-3-19-17(20-7-4-8-25-10-9-24-2)21-11-15-13-23-12-14(18)5-6-16(23)22-15/h5-6,12-13H,3-4,7-11H2,1-2H3,(H2,19,20,21). The van der Waals surface area contributed by atoms with Gasteiger partial charge in [-0.25, -0.2) is 9.98 Å². The normalized spacial score (nSPS) is 11.9. The van der Waals surface area contributed by atoms with Crippen molar-refractivity contribution in [1.29, 1.82) is 0 Å². The van der Waals surface area contributed by atoms with E-state index in [9.17, 15) is 0 Å². The summed E-state index contributed by atoms with van der Waals surface area (Å²) in [5.74, 6) is 0.789. The first-order valence-electron chi connectivity index (χ1n) is 8.45. The molecule has 0 aliphatic rings. The fraction of sp³-hybridized carbons (Fsp3) is 0.529. The highest BCUT2D eigenvalue weighted by Crippen LogP contribution is 2.12. The lowest BCUT2D eigenvalue weighted by atomic mass is 10.4. The molecule has 0 radical (unpaired) electrons. The Hall–Kier alpha value is -1.64. The number of imidazole rings is 1. The van der Waals surface area contributed by atoms with Crippen molar-refractivity contribution >= 4 is 27.5 Å². The number of rotatable bonds is 10. The molecule has 0 aliphatic carbocycles. The SMILES string of the molecule is CCNC(=NCc1cn2cc(Br)ccc2n1)NCCCOCCOC. The predicted octanol–water partition coefficient (Wildman–Crippen LogP) is 2.21. The minimum absolute atomic E-state index is 0.527. The van der Waals surface area contributed by atoms with Crippen LogP contribution in [-0.2, 0) is 16.0 Å². The number of pyridine rings is 1. The van der Waals surface area contributed by atoms with Crippen molar-refractivity contribution in [2.45, 2.75) is 19.9 Å². The van der Waals surface area contributed by atoms with Crippen molar-refractivity contribution in [2.75, 3.05) is 40.0 Å². The highest BCUT2D eigenvalue weighted by atomic mass is 79.9. The Kier molecular flexibility index (Phi) is 8.71. The smallest absolute Gasteiger partial charge is 0.191 e. The topological polar surface area (TPSA) is 72.2 Å².